The number of rotatable bonds is 11. The molecule has 3 heterocycles. The van der Waals surface area contributed by atoms with Crippen LogP contribution in [0, 0.1) is 5.82 Å². The van der Waals surface area contributed by atoms with Crippen molar-refractivity contribution in [1.29, 1.82) is 0 Å². The Morgan fingerprint density at radius 3 is 2.48 bits per heavy atom. The topological polar surface area (TPSA) is 89.1 Å². The predicted octanol–water partition coefficient (Wildman–Crippen LogP) is 5.83. The summed E-state index contributed by atoms with van der Waals surface area (Å²) >= 11 is 1.57. The summed E-state index contributed by atoms with van der Waals surface area (Å²) in [4.78, 5) is 16.6. The zero-order chi connectivity index (χ0) is 31.1. The van der Waals surface area contributed by atoms with Crippen LogP contribution in [-0.4, -0.2) is 91.3 Å². The van der Waals surface area contributed by atoms with Crippen molar-refractivity contribution in [1.82, 2.24) is 25.3 Å². The van der Waals surface area contributed by atoms with Crippen LogP contribution in [0.2, 0.25) is 0 Å². The van der Waals surface area contributed by atoms with Gasteiger partial charge in [-0.1, -0.05) is 24.3 Å². The number of thiophene rings is 1. The van der Waals surface area contributed by atoms with E-state index in [9.17, 15) is 9.18 Å². The van der Waals surface area contributed by atoms with E-state index in [2.05, 4.69) is 62.7 Å². The SMILES string of the molecule is CN1CCN(Cc2ccc(-c3nnc(-c4ccc(F)cc4OCCOCCNC(=O)OC(C)(C)C)c4sccc34)cc2)CC1. The molecule has 0 unspecified atom stereocenters. The zero-order valence-electron chi connectivity index (χ0n) is 25.8. The van der Waals surface area contributed by atoms with Crippen molar-refractivity contribution in [3.63, 3.8) is 0 Å². The van der Waals surface area contributed by atoms with E-state index in [-0.39, 0.29) is 19.8 Å². The van der Waals surface area contributed by atoms with Crippen molar-refractivity contribution >= 4 is 27.5 Å². The molecule has 44 heavy (non-hydrogen) atoms. The fraction of sp³-hybridized carbons (Fsp3) is 0.424. The molecule has 0 radical (unpaired) electrons. The monoisotopic (exact) mass is 621 g/mol. The van der Waals surface area contributed by atoms with Gasteiger partial charge >= 0.3 is 6.09 Å². The van der Waals surface area contributed by atoms with Crippen molar-refractivity contribution in [3.05, 3.63) is 65.3 Å². The van der Waals surface area contributed by atoms with Gasteiger partial charge in [-0.2, -0.15) is 0 Å². The number of nitrogens with zero attached hydrogens (tertiary/aromatic N) is 4. The normalized spacial score (nSPS) is 14.6. The van der Waals surface area contributed by atoms with Gasteiger partial charge in [0.25, 0.3) is 0 Å². The Kier molecular flexibility index (Phi) is 10.4. The van der Waals surface area contributed by atoms with Gasteiger partial charge < -0.3 is 24.4 Å². The minimum atomic E-state index is -0.559. The highest BCUT2D eigenvalue weighted by molar-refractivity contribution is 7.17. The Hall–Kier alpha value is -3.64. The van der Waals surface area contributed by atoms with Crippen molar-refractivity contribution in [2.45, 2.75) is 32.9 Å². The zero-order valence-corrected chi connectivity index (χ0v) is 26.6. The van der Waals surface area contributed by atoms with Crippen LogP contribution in [0.5, 0.6) is 5.75 Å². The van der Waals surface area contributed by atoms with E-state index in [1.54, 1.807) is 38.2 Å². The summed E-state index contributed by atoms with van der Waals surface area (Å²) in [6, 6.07) is 15.0. The first-order valence-corrected chi connectivity index (χ1v) is 15.8. The summed E-state index contributed by atoms with van der Waals surface area (Å²) < 4.78 is 31.9. The van der Waals surface area contributed by atoms with E-state index in [1.807, 2.05) is 5.38 Å². The average molecular weight is 622 g/mol. The Labute approximate surface area is 261 Å². The highest BCUT2D eigenvalue weighted by Gasteiger charge is 2.19. The number of carbonyl (C=O) groups is 1. The van der Waals surface area contributed by atoms with E-state index in [0.717, 1.165) is 54.1 Å². The van der Waals surface area contributed by atoms with E-state index in [0.29, 0.717) is 23.6 Å². The third-order valence-corrected chi connectivity index (χ3v) is 8.13. The van der Waals surface area contributed by atoms with Gasteiger partial charge in [0, 0.05) is 61.8 Å². The van der Waals surface area contributed by atoms with Gasteiger partial charge in [-0.3, -0.25) is 4.90 Å². The Bertz CT molecular complexity index is 1550. The number of alkyl carbamates (subject to hydrolysis) is 1. The molecule has 1 N–H and O–H groups in total. The van der Waals surface area contributed by atoms with Gasteiger partial charge in [-0.15, -0.1) is 21.5 Å². The molecule has 0 spiro atoms. The average Bonchev–Trinajstić information content (AvgIpc) is 3.48. The van der Waals surface area contributed by atoms with Gasteiger partial charge in [0.15, 0.2) is 0 Å². The lowest BCUT2D eigenvalue weighted by atomic mass is 10.0. The number of halogens is 1. The molecule has 1 aliphatic heterocycles. The molecule has 9 nitrogen and oxygen atoms in total. The van der Waals surface area contributed by atoms with Crippen LogP contribution in [0.4, 0.5) is 9.18 Å². The molecule has 2 aromatic carbocycles. The summed E-state index contributed by atoms with van der Waals surface area (Å²) in [6.07, 6.45) is -0.494. The summed E-state index contributed by atoms with van der Waals surface area (Å²) in [6.45, 7) is 11.8. The first-order valence-electron chi connectivity index (χ1n) is 14.9. The quantitative estimate of drug-likeness (QED) is 0.209. The number of nitrogens with one attached hydrogen (secondary N) is 1. The molecule has 1 saturated heterocycles. The van der Waals surface area contributed by atoms with E-state index in [1.165, 1.54) is 17.7 Å². The van der Waals surface area contributed by atoms with E-state index < -0.39 is 17.5 Å². The molecule has 5 rings (SSSR count). The molecular formula is C33H40FN5O4S. The highest BCUT2D eigenvalue weighted by Crippen LogP contribution is 2.39. The summed E-state index contributed by atoms with van der Waals surface area (Å²) in [5.74, 6) is -0.0413. The lowest BCUT2D eigenvalue weighted by molar-refractivity contribution is 0.0489. The van der Waals surface area contributed by atoms with Gasteiger partial charge in [0.1, 0.15) is 35.2 Å². The summed E-state index contributed by atoms with van der Waals surface area (Å²) in [5, 5.41) is 14.9. The maximum absolute atomic E-state index is 14.3. The molecule has 1 amide bonds. The minimum absolute atomic E-state index is 0.197. The Balaban J connectivity index is 1.23. The number of hydrogen-bond donors (Lipinski definition) is 1. The molecule has 11 heteroatoms. The third kappa shape index (κ3) is 8.50. The van der Waals surface area contributed by atoms with E-state index in [4.69, 9.17) is 14.2 Å². The first-order chi connectivity index (χ1) is 21.2. The van der Waals surface area contributed by atoms with E-state index >= 15 is 0 Å². The van der Waals surface area contributed by atoms with Crippen LogP contribution in [0.25, 0.3) is 32.6 Å². The smallest absolute Gasteiger partial charge is 0.407 e. The van der Waals surface area contributed by atoms with Gasteiger partial charge in [0.05, 0.1) is 17.9 Å². The van der Waals surface area contributed by atoms with Crippen LogP contribution < -0.4 is 10.1 Å². The van der Waals surface area contributed by atoms with Crippen molar-refractivity contribution in [3.8, 4) is 28.3 Å². The third-order valence-electron chi connectivity index (χ3n) is 7.21. The van der Waals surface area contributed by atoms with Crippen molar-refractivity contribution in [2.75, 3.05) is 59.6 Å². The van der Waals surface area contributed by atoms with Crippen LogP contribution in [0.15, 0.2) is 53.9 Å². The minimum Gasteiger partial charge on any atom is -0.490 e. The highest BCUT2D eigenvalue weighted by atomic mass is 32.1. The fourth-order valence-electron chi connectivity index (χ4n) is 4.96. The predicted molar refractivity (Wildman–Crippen MR) is 172 cm³/mol. The molecule has 1 fully saturated rings. The molecule has 1 aliphatic rings. The maximum atomic E-state index is 14.3. The number of carbonyl (C=O) groups excluding carboxylic acids is 1. The van der Waals surface area contributed by atoms with Crippen LogP contribution in [0.1, 0.15) is 26.3 Å². The van der Waals surface area contributed by atoms with Gasteiger partial charge in [0.2, 0.25) is 0 Å². The Morgan fingerprint density at radius 1 is 0.977 bits per heavy atom. The maximum Gasteiger partial charge on any atom is 0.407 e. The lowest BCUT2D eigenvalue weighted by Gasteiger charge is -2.32. The second-order valence-electron chi connectivity index (χ2n) is 11.9. The number of fused-ring (bicyclic) bond motifs is 1. The molecule has 0 aliphatic carbocycles. The summed E-state index contributed by atoms with van der Waals surface area (Å²) in [7, 11) is 2.17. The number of amides is 1. The Morgan fingerprint density at radius 2 is 1.73 bits per heavy atom. The van der Waals surface area contributed by atoms with Crippen LogP contribution in [-0.2, 0) is 16.0 Å². The van der Waals surface area contributed by atoms with Gasteiger partial charge in [-0.05, 0) is 57.0 Å². The van der Waals surface area contributed by atoms with Crippen LogP contribution >= 0.6 is 11.3 Å². The second kappa shape index (κ2) is 14.4. The van der Waals surface area contributed by atoms with Crippen LogP contribution in [0.3, 0.4) is 0 Å². The standard InChI is InChI=1S/C33H40FN5O4S/c1-33(2,3)43-32(40)35-12-17-41-18-19-42-28-21-25(34)9-10-26(28)30-31-27(11-20-44-31)29(36-37-30)24-7-5-23(6-8-24)22-39-15-13-38(4)14-16-39/h5-11,20-21H,12-19,22H2,1-4H3,(H,35,40). The molecular weight excluding hydrogens is 581 g/mol. The number of benzene rings is 2. The molecule has 2 aromatic heterocycles. The number of likely N-dealkylation sites (N-methyl/N-ethyl adjacent to an activating group) is 1. The number of piperazine rings is 1. The molecule has 0 atom stereocenters. The van der Waals surface area contributed by atoms with Crippen molar-refractivity contribution in [2.24, 2.45) is 0 Å². The number of hydrogen-bond acceptors (Lipinski definition) is 9. The first kappa shape index (κ1) is 31.8. The lowest BCUT2D eigenvalue weighted by Crippen LogP contribution is -2.43. The summed E-state index contributed by atoms with van der Waals surface area (Å²) in [5.41, 5.74) is 3.84. The number of ether oxygens (including phenoxy) is 3. The molecule has 0 bridgehead atoms. The second-order valence-corrected chi connectivity index (χ2v) is 12.8. The van der Waals surface area contributed by atoms with Crippen molar-refractivity contribution < 1.29 is 23.4 Å². The van der Waals surface area contributed by atoms with Gasteiger partial charge in [-0.25, -0.2) is 9.18 Å². The molecule has 0 saturated carbocycles. The molecule has 4 aromatic rings. The molecule has 234 valence electrons. The largest absolute Gasteiger partial charge is 0.490 e. The fourth-order valence-corrected chi connectivity index (χ4v) is 5.86. The number of aromatic nitrogens is 2.